The van der Waals surface area contributed by atoms with E-state index in [9.17, 15) is 0 Å². The standard InChI is InChI=1S/C10H15NS2/c1-2-10(13-6-1)3-5-11-9-4-7-12-8-9/h1-2,6,9,11H,3-5,7-8H2/t9-/m0/s1. The molecule has 0 aromatic carbocycles. The van der Waals surface area contributed by atoms with E-state index >= 15 is 0 Å². The third-order valence-electron chi connectivity index (χ3n) is 2.31. The second-order valence-electron chi connectivity index (χ2n) is 3.34. The highest BCUT2D eigenvalue weighted by atomic mass is 32.2. The summed E-state index contributed by atoms with van der Waals surface area (Å²) in [6.45, 7) is 1.14. The lowest BCUT2D eigenvalue weighted by atomic mass is 10.2. The maximum Gasteiger partial charge on any atom is 0.0166 e. The molecule has 0 unspecified atom stereocenters. The van der Waals surface area contributed by atoms with Crippen LogP contribution >= 0.6 is 23.1 Å². The van der Waals surface area contributed by atoms with Gasteiger partial charge in [-0.3, -0.25) is 0 Å². The molecular formula is C10H15NS2. The molecule has 1 nitrogen and oxygen atoms in total. The SMILES string of the molecule is c1csc(CCN[C@H]2CCSC2)c1. The van der Waals surface area contributed by atoms with Gasteiger partial charge < -0.3 is 5.32 Å². The molecule has 1 aliphatic heterocycles. The minimum atomic E-state index is 0.782. The lowest BCUT2D eigenvalue weighted by Crippen LogP contribution is -2.30. The molecule has 1 aromatic rings. The van der Waals surface area contributed by atoms with Crippen LogP contribution in [-0.2, 0) is 6.42 Å². The minimum absolute atomic E-state index is 0.782. The van der Waals surface area contributed by atoms with Crippen LogP contribution < -0.4 is 5.32 Å². The van der Waals surface area contributed by atoms with Gasteiger partial charge in [0.15, 0.2) is 0 Å². The van der Waals surface area contributed by atoms with Crippen molar-refractivity contribution in [3.05, 3.63) is 22.4 Å². The molecule has 3 heteroatoms. The van der Waals surface area contributed by atoms with E-state index in [0.717, 1.165) is 12.6 Å². The first-order valence-corrected chi connectivity index (χ1v) is 6.82. The zero-order valence-electron chi connectivity index (χ0n) is 7.66. The van der Waals surface area contributed by atoms with Gasteiger partial charge in [0.1, 0.15) is 0 Å². The van der Waals surface area contributed by atoms with Crippen molar-refractivity contribution in [1.82, 2.24) is 5.32 Å². The third-order valence-corrected chi connectivity index (χ3v) is 4.41. The first kappa shape index (κ1) is 9.56. The Morgan fingerprint density at radius 2 is 2.54 bits per heavy atom. The number of thiophene rings is 1. The van der Waals surface area contributed by atoms with E-state index in [1.165, 1.54) is 29.2 Å². The third kappa shape index (κ3) is 3.01. The molecule has 2 heterocycles. The van der Waals surface area contributed by atoms with E-state index in [1.807, 2.05) is 11.3 Å². The summed E-state index contributed by atoms with van der Waals surface area (Å²) in [5, 5.41) is 5.76. The number of nitrogens with one attached hydrogen (secondary N) is 1. The fraction of sp³-hybridized carbons (Fsp3) is 0.600. The van der Waals surface area contributed by atoms with Gasteiger partial charge in [-0.1, -0.05) is 6.07 Å². The summed E-state index contributed by atoms with van der Waals surface area (Å²) in [6.07, 6.45) is 2.55. The van der Waals surface area contributed by atoms with Gasteiger partial charge in [0.25, 0.3) is 0 Å². The summed E-state index contributed by atoms with van der Waals surface area (Å²) in [4.78, 5) is 1.50. The van der Waals surface area contributed by atoms with Crippen molar-refractivity contribution >= 4 is 23.1 Å². The van der Waals surface area contributed by atoms with Crippen LogP contribution in [-0.4, -0.2) is 24.1 Å². The van der Waals surface area contributed by atoms with Crippen molar-refractivity contribution in [1.29, 1.82) is 0 Å². The van der Waals surface area contributed by atoms with Gasteiger partial charge in [0.2, 0.25) is 0 Å². The largest absolute Gasteiger partial charge is 0.313 e. The zero-order chi connectivity index (χ0) is 8.93. The highest BCUT2D eigenvalue weighted by molar-refractivity contribution is 7.99. The van der Waals surface area contributed by atoms with Crippen LogP contribution in [0, 0.1) is 0 Å². The molecule has 0 spiro atoms. The number of rotatable bonds is 4. The summed E-state index contributed by atoms with van der Waals surface area (Å²) < 4.78 is 0. The molecule has 1 aromatic heterocycles. The molecule has 1 fully saturated rings. The molecule has 0 aliphatic carbocycles. The van der Waals surface area contributed by atoms with Crippen LogP contribution in [0.4, 0.5) is 0 Å². The van der Waals surface area contributed by atoms with E-state index in [-0.39, 0.29) is 0 Å². The van der Waals surface area contributed by atoms with Gasteiger partial charge in [-0.05, 0) is 30.0 Å². The van der Waals surface area contributed by atoms with Gasteiger partial charge in [-0.2, -0.15) is 11.8 Å². The van der Waals surface area contributed by atoms with Crippen LogP contribution in [0.15, 0.2) is 17.5 Å². The Balaban J connectivity index is 1.63. The molecule has 0 saturated carbocycles. The topological polar surface area (TPSA) is 12.0 Å². The van der Waals surface area contributed by atoms with Crippen molar-refractivity contribution in [3.8, 4) is 0 Å². The molecule has 13 heavy (non-hydrogen) atoms. The van der Waals surface area contributed by atoms with Crippen LogP contribution in [0.3, 0.4) is 0 Å². The average Bonchev–Trinajstić information content (AvgIpc) is 2.75. The second-order valence-corrected chi connectivity index (χ2v) is 5.53. The first-order valence-electron chi connectivity index (χ1n) is 4.78. The molecule has 0 amide bonds. The maximum absolute atomic E-state index is 3.61. The van der Waals surface area contributed by atoms with E-state index < -0.39 is 0 Å². The molecule has 2 rings (SSSR count). The highest BCUT2D eigenvalue weighted by Gasteiger charge is 2.13. The van der Waals surface area contributed by atoms with Crippen LogP contribution in [0.1, 0.15) is 11.3 Å². The fourth-order valence-corrected chi connectivity index (χ4v) is 3.45. The van der Waals surface area contributed by atoms with E-state index in [4.69, 9.17) is 0 Å². The molecule has 1 aliphatic rings. The quantitative estimate of drug-likeness (QED) is 0.824. The lowest BCUT2D eigenvalue weighted by Gasteiger charge is -2.09. The molecule has 0 bridgehead atoms. The van der Waals surface area contributed by atoms with Gasteiger partial charge in [0, 0.05) is 23.2 Å². The Kier molecular flexibility index (Phi) is 3.70. The lowest BCUT2D eigenvalue weighted by molar-refractivity contribution is 0.562. The molecule has 72 valence electrons. The smallest absolute Gasteiger partial charge is 0.0166 e. The Hall–Kier alpha value is 0.01000. The van der Waals surface area contributed by atoms with Gasteiger partial charge in [-0.25, -0.2) is 0 Å². The Morgan fingerprint density at radius 1 is 1.54 bits per heavy atom. The first-order chi connectivity index (χ1) is 6.45. The summed E-state index contributed by atoms with van der Waals surface area (Å²) in [5.41, 5.74) is 0. The van der Waals surface area contributed by atoms with Crippen LogP contribution in [0.2, 0.25) is 0 Å². The van der Waals surface area contributed by atoms with Crippen molar-refractivity contribution < 1.29 is 0 Å². The Labute approximate surface area is 87.9 Å². The molecule has 1 atom stereocenters. The van der Waals surface area contributed by atoms with Crippen LogP contribution in [0.5, 0.6) is 0 Å². The normalized spacial score (nSPS) is 22.3. The number of hydrogen-bond donors (Lipinski definition) is 1. The predicted molar refractivity (Wildman–Crippen MR) is 61.8 cm³/mol. The predicted octanol–water partition coefficient (Wildman–Crippen LogP) is 2.39. The van der Waals surface area contributed by atoms with E-state index in [1.54, 1.807) is 0 Å². The van der Waals surface area contributed by atoms with Crippen molar-refractivity contribution in [2.24, 2.45) is 0 Å². The van der Waals surface area contributed by atoms with Crippen molar-refractivity contribution in [3.63, 3.8) is 0 Å². The zero-order valence-corrected chi connectivity index (χ0v) is 9.29. The monoisotopic (exact) mass is 213 g/mol. The summed E-state index contributed by atoms with van der Waals surface area (Å²) in [6, 6.07) is 5.13. The number of hydrogen-bond acceptors (Lipinski definition) is 3. The van der Waals surface area contributed by atoms with E-state index in [0.29, 0.717) is 0 Å². The summed E-state index contributed by atoms with van der Waals surface area (Å²) >= 11 is 3.93. The van der Waals surface area contributed by atoms with Crippen LogP contribution in [0.25, 0.3) is 0 Å². The van der Waals surface area contributed by atoms with Gasteiger partial charge >= 0.3 is 0 Å². The Morgan fingerprint density at radius 3 is 3.23 bits per heavy atom. The second kappa shape index (κ2) is 5.03. The van der Waals surface area contributed by atoms with Crippen molar-refractivity contribution in [2.75, 3.05) is 18.1 Å². The maximum atomic E-state index is 3.61. The summed E-state index contributed by atoms with van der Waals surface area (Å²) in [7, 11) is 0. The van der Waals surface area contributed by atoms with E-state index in [2.05, 4.69) is 34.6 Å². The average molecular weight is 213 g/mol. The minimum Gasteiger partial charge on any atom is -0.313 e. The molecule has 1 N–H and O–H groups in total. The van der Waals surface area contributed by atoms with Gasteiger partial charge in [0.05, 0.1) is 0 Å². The van der Waals surface area contributed by atoms with Gasteiger partial charge in [-0.15, -0.1) is 11.3 Å². The number of thioether (sulfide) groups is 1. The molecule has 0 radical (unpaired) electrons. The molecular weight excluding hydrogens is 198 g/mol. The fourth-order valence-electron chi connectivity index (χ4n) is 1.55. The highest BCUT2D eigenvalue weighted by Crippen LogP contribution is 2.17. The van der Waals surface area contributed by atoms with Crippen molar-refractivity contribution in [2.45, 2.75) is 18.9 Å². The Bertz CT molecular complexity index is 227. The summed E-state index contributed by atoms with van der Waals surface area (Å²) in [5.74, 6) is 2.65. The molecule has 1 saturated heterocycles.